The summed E-state index contributed by atoms with van der Waals surface area (Å²) >= 11 is 0. The second-order valence-corrected chi connectivity index (χ2v) is 4.03. The van der Waals surface area contributed by atoms with Crippen LogP contribution in [0.15, 0.2) is 6.07 Å². The number of carbonyl (C=O) groups excluding carboxylic acids is 1. The highest BCUT2D eigenvalue weighted by Crippen LogP contribution is 2.27. The Hall–Kier alpha value is -1.51. The summed E-state index contributed by atoms with van der Waals surface area (Å²) in [7, 11) is 0. The first-order valence-electron chi connectivity index (χ1n) is 5.52. The van der Waals surface area contributed by atoms with Gasteiger partial charge in [0.15, 0.2) is 0 Å². The summed E-state index contributed by atoms with van der Waals surface area (Å²) in [5.74, 6) is 0.474. The van der Waals surface area contributed by atoms with Gasteiger partial charge in [-0.15, -0.1) is 0 Å². The molecule has 3 heteroatoms. The van der Waals surface area contributed by atoms with Crippen molar-refractivity contribution in [3.63, 3.8) is 0 Å². The maximum Gasteiger partial charge on any atom is 0.249 e. The monoisotopic (exact) mass is 221 g/mol. The van der Waals surface area contributed by atoms with Crippen molar-refractivity contribution in [3.05, 3.63) is 28.3 Å². The van der Waals surface area contributed by atoms with Gasteiger partial charge in [-0.2, -0.15) is 0 Å². The van der Waals surface area contributed by atoms with Gasteiger partial charge in [0, 0.05) is 5.56 Å². The van der Waals surface area contributed by atoms with E-state index < -0.39 is 0 Å². The molecule has 0 saturated carbocycles. The fourth-order valence-electron chi connectivity index (χ4n) is 1.79. The molecule has 0 spiro atoms. The highest BCUT2D eigenvalue weighted by Gasteiger charge is 2.14. The van der Waals surface area contributed by atoms with Crippen molar-refractivity contribution in [2.24, 2.45) is 5.73 Å². The number of primary amides is 1. The van der Waals surface area contributed by atoms with Gasteiger partial charge in [-0.1, -0.05) is 6.92 Å². The smallest absolute Gasteiger partial charge is 0.249 e. The molecule has 88 valence electrons. The maximum absolute atomic E-state index is 11.3. The van der Waals surface area contributed by atoms with E-state index >= 15 is 0 Å². The first-order chi connectivity index (χ1) is 7.49. The molecule has 0 aliphatic heterocycles. The van der Waals surface area contributed by atoms with Crippen molar-refractivity contribution in [1.29, 1.82) is 0 Å². The number of hydrogen-bond donors (Lipinski definition) is 1. The molecular formula is C13H19NO2. The third-order valence-electron chi connectivity index (χ3n) is 2.76. The molecule has 0 bridgehead atoms. The summed E-state index contributed by atoms with van der Waals surface area (Å²) in [6.07, 6.45) is 0.967. The van der Waals surface area contributed by atoms with Crippen LogP contribution in [-0.2, 0) is 0 Å². The SMILES string of the molecule is CCCOc1cc(C)c(C(N)=O)c(C)c1C. The zero-order valence-corrected chi connectivity index (χ0v) is 10.4. The second-order valence-electron chi connectivity index (χ2n) is 4.03. The van der Waals surface area contributed by atoms with Crippen LogP contribution in [0.3, 0.4) is 0 Å². The third-order valence-corrected chi connectivity index (χ3v) is 2.76. The van der Waals surface area contributed by atoms with Gasteiger partial charge in [0.25, 0.3) is 0 Å². The van der Waals surface area contributed by atoms with Crippen LogP contribution in [0.25, 0.3) is 0 Å². The largest absolute Gasteiger partial charge is 0.493 e. The van der Waals surface area contributed by atoms with Crippen LogP contribution >= 0.6 is 0 Å². The fraction of sp³-hybridized carbons (Fsp3) is 0.462. The Morgan fingerprint density at radius 2 is 1.94 bits per heavy atom. The Kier molecular flexibility index (Phi) is 3.93. The van der Waals surface area contributed by atoms with E-state index in [0.29, 0.717) is 12.2 Å². The van der Waals surface area contributed by atoms with Crippen molar-refractivity contribution in [2.45, 2.75) is 34.1 Å². The van der Waals surface area contributed by atoms with Crippen molar-refractivity contribution in [3.8, 4) is 5.75 Å². The molecule has 3 nitrogen and oxygen atoms in total. The quantitative estimate of drug-likeness (QED) is 0.849. The van der Waals surface area contributed by atoms with Crippen molar-refractivity contribution in [2.75, 3.05) is 6.61 Å². The predicted octanol–water partition coefficient (Wildman–Crippen LogP) is 2.50. The lowest BCUT2D eigenvalue weighted by molar-refractivity contribution is 0.0999. The van der Waals surface area contributed by atoms with Crippen LogP contribution in [0, 0.1) is 20.8 Å². The Balaban J connectivity index is 3.22. The van der Waals surface area contributed by atoms with Gasteiger partial charge in [0.2, 0.25) is 5.91 Å². The highest BCUT2D eigenvalue weighted by molar-refractivity contribution is 5.96. The molecule has 0 radical (unpaired) electrons. The minimum atomic E-state index is -0.375. The molecule has 0 fully saturated rings. The number of amides is 1. The van der Waals surface area contributed by atoms with Crippen LogP contribution < -0.4 is 10.5 Å². The normalized spacial score (nSPS) is 10.2. The van der Waals surface area contributed by atoms with E-state index in [0.717, 1.165) is 28.9 Å². The Bertz CT molecular complexity index is 411. The molecule has 1 aromatic rings. The van der Waals surface area contributed by atoms with Crippen LogP contribution in [0.5, 0.6) is 5.75 Å². The van der Waals surface area contributed by atoms with Gasteiger partial charge < -0.3 is 10.5 Å². The fourth-order valence-corrected chi connectivity index (χ4v) is 1.79. The number of rotatable bonds is 4. The van der Waals surface area contributed by atoms with E-state index in [1.54, 1.807) is 0 Å². The summed E-state index contributed by atoms with van der Waals surface area (Å²) < 4.78 is 5.63. The standard InChI is InChI=1S/C13H19NO2/c1-5-6-16-11-7-8(2)12(13(14)15)10(4)9(11)3/h7H,5-6H2,1-4H3,(H2,14,15). The topological polar surface area (TPSA) is 52.3 Å². The summed E-state index contributed by atoms with van der Waals surface area (Å²) in [4.78, 5) is 11.3. The molecule has 0 aromatic heterocycles. The summed E-state index contributed by atoms with van der Waals surface area (Å²) in [6, 6.07) is 1.89. The summed E-state index contributed by atoms with van der Waals surface area (Å²) in [5.41, 5.74) is 8.75. The zero-order chi connectivity index (χ0) is 12.3. The molecular weight excluding hydrogens is 202 g/mol. The minimum Gasteiger partial charge on any atom is -0.493 e. The number of aryl methyl sites for hydroxylation is 1. The molecule has 1 rings (SSSR count). The molecule has 0 unspecified atom stereocenters. The second kappa shape index (κ2) is 5.01. The van der Waals surface area contributed by atoms with E-state index in [9.17, 15) is 4.79 Å². The van der Waals surface area contributed by atoms with E-state index in [2.05, 4.69) is 6.92 Å². The Labute approximate surface area is 96.6 Å². The average Bonchev–Trinajstić information content (AvgIpc) is 2.21. The number of ether oxygens (including phenoxy) is 1. The Morgan fingerprint density at radius 1 is 1.31 bits per heavy atom. The highest BCUT2D eigenvalue weighted by atomic mass is 16.5. The Morgan fingerprint density at radius 3 is 2.44 bits per heavy atom. The molecule has 0 heterocycles. The lowest BCUT2D eigenvalue weighted by Crippen LogP contribution is -2.15. The molecule has 0 aliphatic carbocycles. The maximum atomic E-state index is 11.3. The van der Waals surface area contributed by atoms with Gasteiger partial charge in [-0.3, -0.25) is 4.79 Å². The van der Waals surface area contributed by atoms with Gasteiger partial charge in [-0.05, 0) is 49.9 Å². The number of nitrogens with two attached hydrogens (primary N) is 1. The number of carbonyl (C=O) groups is 1. The first kappa shape index (κ1) is 12.6. The summed E-state index contributed by atoms with van der Waals surface area (Å²) in [5, 5.41) is 0. The van der Waals surface area contributed by atoms with Gasteiger partial charge in [0.1, 0.15) is 5.75 Å². The van der Waals surface area contributed by atoms with Crippen LogP contribution in [0.1, 0.15) is 40.4 Å². The van der Waals surface area contributed by atoms with E-state index in [4.69, 9.17) is 10.5 Å². The van der Waals surface area contributed by atoms with E-state index in [1.807, 2.05) is 26.8 Å². The van der Waals surface area contributed by atoms with Crippen molar-refractivity contribution >= 4 is 5.91 Å². The molecule has 1 aromatic carbocycles. The molecule has 0 aliphatic rings. The predicted molar refractivity (Wildman–Crippen MR) is 65.0 cm³/mol. The van der Waals surface area contributed by atoms with Crippen molar-refractivity contribution in [1.82, 2.24) is 0 Å². The lowest BCUT2D eigenvalue weighted by Gasteiger charge is -2.15. The van der Waals surface area contributed by atoms with Crippen LogP contribution in [0.4, 0.5) is 0 Å². The van der Waals surface area contributed by atoms with Gasteiger partial charge in [0.05, 0.1) is 6.61 Å². The summed E-state index contributed by atoms with van der Waals surface area (Å²) in [6.45, 7) is 8.49. The average molecular weight is 221 g/mol. The molecule has 16 heavy (non-hydrogen) atoms. The number of hydrogen-bond acceptors (Lipinski definition) is 2. The zero-order valence-electron chi connectivity index (χ0n) is 10.4. The van der Waals surface area contributed by atoms with Gasteiger partial charge in [-0.25, -0.2) is 0 Å². The first-order valence-corrected chi connectivity index (χ1v) is 5.52. The van der Waals surface area contributed by atoms with Gasteiger partial charge >= 0.3 is 0 Å². The number of benzene rings is 1. The van der Waals surface area contributed by atoms with Crippen LogP contribution in [0.2, 0.25) is 0 Å². The van der Waals surface area contributed by atoms with E-state index in [1.165, 1.54) is 0 Å². The molecule has 2 N–H and O–H groups in total. The van der Waals surface area contributed by atoms with Crippen molar-refractivity contribution < 1.29 is 9.53 Å². The molecule has 0 saturated heterocycles. The van der Waals surface area contributed by atoms with Crippen LogP contribution in [-0.4, -0.2) is 12.5 Å². The molecule has 1 amide bonds. The van der Waals surface area contributed by atoms with E-state index in [-0.39, 0.29) is 5.91 Å². The lowest BCUT2D eigenvalue weighted by atomic mass is 9.97. The molecule has 0 atom stereocenters. The minimum absolute atomic E-state index is 0.375. The third kappa shape index (κ3) is 2.35.